The summed E-state index contributed by atoms with van der Waals surface area (Å²) in [5, 5.41) is 29.5. The zero-order valence-corrected chi connectivity index (χ0v) is 13.2. The van der Waals surface area contributed by atoms with Crippen LogP contribution in [0.2, 0.25) is 0 Å². The van der Waals surface area contributed by atoms with Gasteiger partial charge in [-0.3, -0.25) is 0 Å². The summed E-state index contributed by atoms with van der Waals surface area (Å²) < 4.78 is 0. The van der Waals surface area contributed by atoms with Crippen molar-refractivity contribution in [3.05, 3.63) is 24.3 Å². The molecule has 0 heterocycles. The molecule has 1 spiro atoms. The highest BCUT2D eigenvalue weighted by molar-refractivity contribution is 9.09. The Balaban J connectivity index is 2.43. The molecule has 4 atom stereocenters. The van der Waals surface area contributed by atoms with Crippen LogP contribution >= 0.6 is 15.9 Å². The number of alkyl halides is 1. The predicted molar refractivity (Wildman–Crippen MR) is 79.1 cm³/mol. The number of aliphatic hydroxyl groups excluding tert-OH is 2. The third kappa shape index (κ3) is 2.13. The minimum Gasteiger partial charge on any atom is -0.393 e. The summed E-state index contributed by atoms with van der Waals surface area (Å²) in [6.45, 7) is 8.15. The standard InChI is InChI=1S/C15H23BrO3/c1-10-8-11(18)12(16)13(2,3)15(10)6-4-14(19,9-17)5-7-15/h4,6,11-12,17-19H,1,5,7-9H2,2-3H3/t11-,12-,14-,15-/m1/s1. The van der Waals surface area contributed by atoms with Crippen molar-refractivity contribution in [2.45, 2.75) is 49.6 Å². The topological polar surface area (TPSA) is 60.7 Å². The van der Waals surface area contributed by atoms with Crippen LogP contribution in [0.25, 0.3) is 0 Å². The van der Waals surface area contributed by atoms with E-state index in [2.05, 4.69) is 36.4 Å². The molecule has 1 fully saturated rings. The highest BCUT2D eigenvalue weighted by Crippen LogP contribution is 2.60. The highest BCUT2D eigenvalue weighted by Gasteiger charge is 2.56. The first-order valence-corrected chi connectivity index (χ1v) is 7.64. The van der Waals surface area contributed by atoms with Crippen molar-refractivity contribution in [2.75, 3.05) is 6.61 Å². The van der Waals surface area contributed by atoms with Crippen LogP contribution in [0.5, 0.6) is 0 Å². The molecule has 0 saturated heterocycles. The molecule has 0 radical (unpaired) electrons. The first kappa shape index (κ1) is 15.2. The van der Waals surface area contributed by atoms with Gasteiger partial charge >= 0.3 is 0 Å². The fourth-order valence-electron chi connectivity index (χ4n) is 3.56. The molecular formula is C15H23BrO3. The lowest BCUT2D eigenvalue weighted by atomic mass is 9.51. The number of halogens is 1. The highest BCUT2D eigenvalue weighted by atomic mass is 79.9. The van der Waals surface area contributed by atoms with Crippen molar-refractivity contribution < 1.29 is 15.3 Å². The Hall–Kier alpha value is -0.160. The molecular weight excluding hydrogens is 308 g/mol. The monoisotopic (exact) mass is 330 g/mol. The van der Waals surface area contributed by atoms with Gasteiger partial charge in [0.1, 0.15) is 5.60 Å². The third-order valence-corrected chi connectivity index (χ3v) is 6.92. The van der Waals surface area contributed by atoms with E-state index in [-0.39, 0.29) is 22.3 Å². The van der Waals surface area contributed by atoms with Gasteiger partial charge in [0.05, 0.1) is 12.7 Å². The summed E-state index contributed by atoms with van der Waals surface area (Å²) in [7, 11) is 0. The molecule has 0 aromatic heterocycles. The molecule has 3 N–H and O–H groups in total. The minimum absolute atomic E-state index is 0.0181. The Morgan fingerprint density at radius 2 is 2.00 bits per heavy atom. The van der Waals surface area contributed by atoms with Crippen LogP contribution in [0, 0.1) is 10.8 Å². The van der Waals surface area contributed by atoms with E-state index in [1.54, 1.807) is 6.08 Å². The maximum Gasteiger partial charge on any atom is 0.106 e. The summed E-state index contributed by atoms with van der Waals surface area (Å²) >= 11 is 3.62. The van der Waals surface area contributed by atoms with Gasteiger partial charge in [-0.15, -0.1) is 0 Å². The maximum atomic E-state index is 10.1. The van der Waals surface area contributed by atoms with Gasteiger partial charge in [-0.1, -0.05) is 54.1 Å². The summed E-state index contributed by atoms with van der Waals surface area (Å²) in [6, 6.07) is 0. The predicted octanol–water partition coefficient (Wildman–Crippen LogP) is 2.16. The molecule has 0 aromatic rings. The number of rotatable bonds is 1. The van der Waals surface area contributed by atoms with E-state index in [1.807, 2.05) is 6.08 Å². The zero-order valence-electron chi connectivity index (χ0n) is 11.6. The Bertz CT molecular complexity index is 418. The number of hydrogen-bond acceptors (Lipinski definition) is 3. The SMILES string of the molecule is C=C1C[C@@H](O)[C@@H](Br)C(C)(C)[C@@]12C=C[C@](O)(CO)CC2. The Morgan fingerprint density at radius 3 is 2.47 bits per heavy atom. The Morgan fingerprint density at radius 1 is 1.37 bits per heavy atom. The van der Waals surface area contributed by atoms with Gasteiger partial charge in [0.15, 0.2) is 0 Å². The van der Waals surface area contributed by atoms with E-state index in [1.165, 1.54) is 0 Å². The summed E-state index contributed by atoms with van der Waals surface area (Å²) in [5.41, 5.74) is -0.534. The van der Waals surface area contributed by atoms with Gasteiger partial charge in [-0.05, 0) is 24.7 Å². The van der Waals surface area contributed by atoms with Gasteiger partial charge in [0, 0.05) is 10.2 Å². The molecule has 0 amide bonds. The second-order valence-electron chi connectivity index (χ2n) is 6.56. The molecule has 0 unspecified atom stereocenters. The maximum absolute atomic E-state index is 10.1. The van der Waals surface area contributed by atoms with Crippen LogP contribution in [0.4, 0.5) is 0 Å². The van der Waals surface area contributed by atoms with Crippen molar-refractivity contribution in [3.63, 3.8) is 0 Å². The first-order valence-electron chi connectivity index (χ1n) is 6.72. The van der Waals surface area contributed by atoms with E-state index in [0.717, 1.165) is 12.0 Å². The smallest absolute Gasteiger partial charge is 0.106 e. The molecule has 0 aliphatic heterocycles. The quantitative estimate of drug-likeness (QED) is 0.510. The molecule has 3 nitrogen and oxygen atoms in total. The Labute approximate surface area is 123 Å². The van der Waals surface area contributed by atoms with Crippen LogP contribution in [-0.4, -0.2) is 38.5 Å². The zero-order chi connectivity index (χ0) is 14.5. The first-order chi connectivity index (χ1) is 8.68. The largest absolute Gasteiger partial charge is 0.393 e. The molecule has 19 heavy (non-hydrogen) atoms. The normalized spacial score (nSPS) is 45.7. The van der Waals surface area contributed by atoms with E-state index in [9.17, 15) is 15.3 Å². The van der Waals surface area contributed by atoms with Crippen LogP contribution in [0.15, 0.2) is 24.3 Å². The van der Waals surface area contributed by atoms with Gasteiger partial charge < -0.3 is 15.3 Å². The van der Waals surface area contributed by atoms with E-state index in [4.69, 9.17) is 0 Å². The molecule has 1 saturated carbocycles. The van der Waals surface area contributed by atoms with Crippen molar-refractivity contribution in [3.8, 4) is 0 Å². The van der Waals surface area contributed by atoms with E-state index < -0.39 is 11.7 Å². The van der Waals surface area contributed by atoms with E-state index in [0.29, 0.717) is 12.8 Å². The van der Waals surface area contributed by atoms with Crippen LogP contribution in [-0.2, 0) is 0 Å². The number of hydrogen-bond donors (Lipinski definition) is 3. The second kappa shape index (κ2) is 4.69. The van der Waals surface area contributed by atoms with Crippen LogP contribution in [0.1, 0.15) is 33.1 Å². The fraction of sp³-hybridized carbons (Fsp3) is 0.733. The van der Waals surface area contributed by atoms with Crippen molar-refractivity contribution in [1.29, 1.82) is 0 Å². The molecule has 2 aliphatic rings. The number of aliphatic hydroxyl groups is 3. The summed E-state index contributed by atoms with van der Waals surface area (Å²) in [6.07, 6.45) is 5.09. The van der Waals surface area contributed by atoms with Crippen molar-refractivity contribution in [1.82, 2.24) is 0 Å². The average molecular weight is 331 g/mol. The lowest BCUT2D eigenvalue weighted by Gasteiger charge is -2.56. The Kier molecular flexibility index (Phi) is 3.76. The minimum atomic E-state index is -1.11. The van der Waals surface area contributed by atoms with Gasteiger partial charge in [-0.25, -0.2) is 0 Å². The average Bonchev–Trinajstić information content (AvgIpc) is 2.37. The van der Waals surface area contributed by atoms with Crippen molar-refractivity contribution in [2.24, 2.45) is 10.8 Å². The van der Waals surface area contributed by atoms with Crippen molar-refractivity contribution >= 4 is 15.9 Å². The summed E-state index contributed by atoms with van der Waals surface area (Å²) in [5.74, 6) is 0. The number of allylic oxidation sites excluding steroid dienone is 1. The van der Waals surface area contributed by atoms with Gasteiger partial charge in [0.25, 0.3) is 0 Å². The fourth-order valence-corrected chi connectivity index (χ4v) is 4.16. The van der Waals surface area contributed by atoms with Gasteiger partial charge in [0.2, 0.25) is 0 Å². The molecule has 2 aliphatic carbocycles. The van der Waals surface area contributed by atoms with Crippen LogP contribution < -0.4 is 0 Å². The molecule has 2 rings (SSSR count). The lowest BCUT2D eigenvalue weighted by Crippen LogP contribution is -2.55. The van der Waals surface area contributed by atoms with Crippen LogP contribution in [0.3, 0.4) is 0 Å². The summed E-state index contributed by atoms with van der Waals surface area (Å²) in [4.78, 5) is -0.0181. The molecule has 0 aromatic carbocycles. The molecule has 4 heteroatoms. The molecule has 0 bridgehead atoms. The van der Waals surface area contributed by atoms with E-state index >= 15 is 0 Å². The third-order valence-electron chi connectivity index (χ3n) is 5.17. The second-order valence-corrected chi connectivity index (χ2v) is 7.55. The molecule has 108 valence electrons. The lowest BCUT2D eigenvalue weighted by molar-refractivity contribution is -0.0247. The van der Waals surface area contributed by atoms with Gasteiger partial charge in [-0.2, -0.15) is 0 Å².